The number of nitrogens with one attached hydrogen (secondary N) is 2. The minimum Gasteiger partial charge on any atom is -0.433 e. The third kappa shape index (κ3) is 6.52. The molecule has 0 heterocycles. The second-order valence-electron chi connectivity index (χ2n) is 5.19. The molecule has 6 nitrogen and oxygen atoms in total. The van der Waals surface area contributed by atoms with E-state index >= 15 is 0 Å². The van der Waals surface area contributed by atoms with E-state index in [9.17, 15) is 22.0 Å². The van der Waals surface area contributed by atoms with Crippen LogP contribution in [0.2, 0.25) is 0 Å². The minimum atomic E-state index is -3.36. The lowest BCUT2D eigenvalue weighted by molar-refractivity contribution is -0.111. The summed E-state index contributed by atoms with van der Waals surface area (Å²) >= 11 is 0. The molecule has 0 unspecified atom stereocenters. The van der Waals surface area contributed by atoms with E-state index in [1.165, 1.54) is 30.4 Å². The van der Waals surface area contributed by atoms with Crippen LogP contribution in [0.1, 0.15) is 5.56 Å². The normalized spacial score (nSPS) is 11.5. The summed E-state index contributed by atoms with van der Waals surface area (Å²) in [5.41, 5.74) is 1.17. The average Bonchev–Trinajstić information content (AvgIpc) is 2.54. The first-order chi connectivity index (χ1) is 12.2. The second-order valence-corrected chi connectivity index (χ2v) is 6.94. The van der Waals surface area contributed by atoms with Gasteiger partial charge in [0.05, 0.1) is 11.9 Å². The van der Waals surface area contributed by atoms with Crippen LogP contribution in [0.25, 0.3) is 6.08 Å². The molecule has 2 rings (SSSR count). The Kier molecular flexibility index (Phi) is 6.29. The highest BCUT2D eigenvalue weighted by atomic mass is 32.2. The van der Waals surface area contributed by atoms with Gasteiger partial charge in [-0.15, -0.1) is 0 Å². The number of carbonyl (C=O) groups excluding carboxylic acids is 1. The Balaban J connectivity index is 2.02. The Bertz CT molecular complexity index is 897. The molecule has 1 amide bonds. The van der Waals surface area contributed by atoms with Crippen LogP contribution in [0.5, 0.6) is 5.75 Å². The average molecular weight is 382 g/mol. The van der Waals surface area contributed by atoms with Crippen LogP contribution in [0.15, 0.2) is 54.6 Å². The molecule has 2 aromatic carbocycles. The van der Waals surface area contributed by atoms with Gasteiger partial charge in [-0.1, -0.05) is 24.3 Å². The number of benzene rings is 2. The van der Waals surface area contributed by atoms with Crippen LogP contribution >= 0.6 is 0 Å². The van der Waals surface area contributed by atoms with Gasteiger partial charge in [-0.25, -0.2) is 8.42 Å². The van der Waals surface area contributed by atoms with E-state index in [2.05, 4.69) is 14.8 Å². The number of ether oxygens (including phenoxy) is 1. The summed E-state index contributed by atoms with van der Waals surface area (Å²) in [6.45, 7) is -3.00. The number of halogens is 2. The molecule has 9 heteroatoms. The Morgan fingerprint density at radius 2 is 1.77 bits per heavy atom. The summed E-state index contributed by atoms with van der Waals surface area (Å²) in [4.78, 5) is 11.9. The predicted molar refractivity (Wildman–Crippen MR) is 95.6 cm³/mol. The van der Waals surface area contributed by atoms with E-state index in [0.29, 0.717) is 11.3 Å². The standard InChI is InChI=1S/C17H16F2N2O4S/c1-26(23,24)21-13-9-6-12(7-10-13)8-11-16(22)20-14-4-2-3-5-15(14)25-17(18)19/h2-11,17,21H,1H3,(H,20,22)/b11-8+. The van der Waals surface area contributed by atoms with E-state index in [0.717, 1.165) is 6.26 Å². The molecule has 0 aliphatic carbocycles. The zero-order chi connectivity index (χ0) is 19.2. The van der Waals surface area contributed by atoms with Crippen LogP contribution in [-0.4, -0.2) is 27.2 Å². The highest BCUT2D eigenvalue weighted by molar-refractivity contribution is 7.92. The number of rotatable bonds is 7. The summed E-state index contributed by atoms with van der Waals surface area (Å²) in [5, 5.41) is 2.45. The highest BCUT2D eigenvalue weighted by Gasteiger charge is 2.10. The van der Waals surface area contributed by atoms with Crippen molar-refractivity contribution in [2.24, 2.45) is 0 Å². The van der Waals surface area contributed by atoms with Crippen molar-refractivity contribution in [1.29, 1.82) is 0 Å². The summed E-state index contributed by atoms with van der Waals surface area (Å²) < 4.78 is 53.6. The highest BCUT2D eigenvalue weighted by Crippen LogP contribution is 2.25. The smallest absolute Gasteiger partial charge is 0.387 e. The van der Waals surface area contributed by atoms with Crippen LogP contribution in [0.3, 0.4) is 0 Å². The van der Waals surface area contributed by atoms with Crippen molar-refractivity contribution in [3.05, 3.63) is 60.2 Å². The van der Waals surface area contributed by atoms with Crippen molar-refractivity contribution < 1.29 is 26.7 Å². The van der Waals surface area contributed by atoms with Crippen molar-refractivity contribution in [3.63, 3.8) is 0 Å². The number of hydrogen-bond acceptors (Lipinski definition) is 4. The Morgan fingerprint density at radius 1 is 1.12 bits per heavy atom. The van der Waals surface area contributed by atoms with E-state index in [4.69, 9.17) is 0 Å². The molecule has 0 saturated heterocycles. The molecule has 0 bridgehead atoms. The van der Waals surface area contributed by atoms with Gasteiger partial charge in [0.1, 0.15) is 5.75 Å². The summed E-state index contributed by atoms with van der Waals surface area (Å²) in [6.07, 6.45) is 3.76. The molecule has 0 saturated carbocycles. The molecule has 2 aromatic rings. The lowest BCUT2D eigenvalue weighted by Crippen LogP contribution is -2.11. The second kappa shape index (κ2) is 8.43. The quantitative estimate of drug-likeness (QED) is 0.720. The number of sulfonamides is 1. The molecule has 0 aromatic heterocycles. The maximum absolute atomic E-state index is 12.4. The Morgan fingerprint density at radius 3 is 2.38 bits per heavy atom. The van der Waals surface area contributed by atoms with E-state index < -0.39 is 22.5 Å². The summed E-state index contributed by atoms with van der Waals surface area (Å²) in [7, 11) is -3.36. The van der Waals surface area contributed by atoms with Gasteiger partial charge in [0, 0.05) is 11.8 Å². The maximum Gasteiger partial charge on any atom is 0.387 e. The van der Waals surface area contributed by atoms with E-state index in [-0.39, 0.29) is 11.4 Å². The third-order valence-electron chi connectivity index (χ3n) is 3.00. The molecular weight excluding hydrogens is 366 g/mol. The topological polar surface area (TPSA) is 84.5 Å². The van der Waals surface area contributed by atoms with Gasteiger partial charge in [0.25, 0.3) is 0 Å². The van der Waals surface area contributed by atoms with Crippen molar-refractivity contribution in [2.75, 3.05) is 16.3 Å². The van der Waals surface area contributed by atoms with Gasteiger partial charge in [-0.3, -0.25) is 9.52 Å². The van der Waals surface area contributed by atoms with Gasteiger partial charge in [0.15, 0.2) is 0 Å². The maximum atomic E-state index is 12.4. The number of amides is 1. The third-order valence-corrected chi connectivity index (χ3v) is 3.61. The molecular formula is C17H16F2N2O4S. The van der Waals surface area contributed by atoms with Crippen molar-refractivity contribution in [2.45, 2.75) is 6.61 Å². The van der Waals surface area contributed by atoms with Gasteiger partial charge in [-0.2, -0.15) is 8.78 Å². The van der Waals surface area contributed by atoms with Gasteiger partial charge < -0.3 is 10.1 Å². The van der Waals surface area contributed by atoms with Gasteiger partial charge in [-0.05, 0) is 35.9 Å². The van der Waals surface area contributed by atoms with Crippen LogP contribution in [0.4, 0.5) is 20.2 Å². The SMILES string of the molecule is CS(=O)(=O)Nc1ccc(/C=C/C(=O)Nc2ccccc2OC(F)F)cc1. The van der Waals surface area contributed by atoms with E-state index in [1.54, 1.807) is 30.3 Å². The largest absolute Gasteiger partial charge is 0.433 e. The first-order valence-corrected chi connectivity index (χ1v) is 9.23. The molecule has 0 fully saturated rings. The zero-order valence-corrected chi connectivity index (χ0v) is 14.5. The predicted octanol–water partition coefficient (Wildman–Crippen LogP) is 3.31. The fourth-order valence-electron chi connectivity index (χ4n) is 1.99. The summed E-state index contributed by atoms with van der Waals surface area (Å²) in [5.74, 6) is -0.672. The fourth-order valence-corrected chi connectivity index (χ4v) is 2.56. The van der Waals surface area contributed by atoms with Crippen LogP contribution in [-0.2, 0) is 14.8 Å². The molecule has 0 aliphatic heterocycles. The zero-order valence-electron chi connectivity index (χ0n) is 13.6. The molecule has 0 aliphatic rings. The monoisotopic (exact) mass is 382 g/mol. The number of anilines is 2. The number of hydrogen-bond donors (Lipinski definition) is 2. The molecule has 0 spiro atoms. The van der Waals surface area contributed by atoms with Gasteiger partial charge in [0.2, 0.25) is 15.9 Å². The minimum absolute atomic E-state index is 0.121. The molecule has 138 valence electrons. The van der Waals surface area contributed by atoms with E-state index in [1.807, 2.05) is 0 Å². The number of carbonyl (C=O) groups is 1. The van der Waals surface area contributed by atoms with Gasteiger partial charge >= 0.3 is 6.61 Å². The first-order valence-electron chi connectivity index (χ1n) is 7.34. The fraction of sp³-hybridized carbons (Fsp3) is 0.118. The molecule has 26 heavy (non-hydrogen) atoms. The molecule has 0 atom stereocenters. The van der Waals surface area contributed by atoms with Crippen LogP contribution < -0.4 is 14.8 Å². The number of para-hydroxylation sites is 2. The van der Waals surface area contributed by atoms with Crippen molar-refractivity contribution in [1.82, 2.24) is 0 Å². The number of alkyl halides is 2. The Hall–Kier alpha value is -2.94. The lowest BCUT2D eigenvalue weighted by atomic mass is 10.2. The first kappa shape index (κ1) is 19.4. The Labute approximate surface area is 149 Å². The van der Waals surface area contributed by atoms with Crippen molar-refractivity contribution >= 4 is 33.4 Å². The van der Waals surface area contributed by atoms with Crippen molar-refractivity contribution in [3.8, 4) is 5.75 Å². The molecule has 0 radical (unpaired) electrons. The lowest BCUT2D eigenvalue weighted by Gasteiger charge is -2.10. The summed E-state index contributed by atoms with van der Waals surface area (Å²) in [6, 6.07) is 12.2. The van der Waals surface area contributed by atoms with Crippen LogP contribution in [0, 0.1) is 0 Å². The molecule has 2 N–H and O–H groups in total.